The highest BCUT2D eigenvalue weighted by Gasteiger charge is 2.35. The summed E-state index contributed by atoms with van der Waals surface area (Å²) in [5, 5.41) is 0. The van der Waals surface area contributed by atoms with Crippen LogP contribution in [0.2, 0.25) is 0 Å². The Kier molecular flexibility index (Phi) is 7.66. The summed E-state index contributed by atoms with van der Waals surface area (Å²) in [4.78, 5) is 21.9. The van der Waals surface area contributed by atoms with E-state index < -0.39 is 0 Å². The molecule has 0 heterocycles. The van der Waals surface area contributed by atoms with Crippen LogP contribution in [0.5, 0.6) is 0 Å². The van der Waals surface area contributed by atoms with Gasteiger partial charge in [0.15, 0.2) is 0 Å². The van der Waals surface area contributed by atoms with Crippen molar-refractivity contribution in [3.05, 3.63) is 141 Å². The highest BCUT2D eigenvalue weighted by molar-refractivity contribution is 8.12. The first-order valence-corrected chi connectivity index (χ1v) is 14.0. The van der Waals surface area contributed by atoms with E-state index >= 15 is 0 Å². The lowest BCUT2D eigenvalue weighted by Gasteiger charge is -2.11. The van der Waals surface area contributed by atoms with Gasteiger partial charge in [-0.05, 0) is 48.5 Å². The van der Waals surface area contributed by atoms with Gasteiger partial charge in [-0.15, -0.1) is 0 Å². The topological polar surface area (TPSA) is 17.1 Å². The summed E-state index contributed by atoms with van der Waals surface area (Å²) in [5.41, 5.74) is 0. The summed E-state index contributed by atoms with van der Waals surface area (Å²) in [6.07, 6.45) is 0. The molecule has 0 spiro atoms. The van der Waals surface area contributed by atoms with Crippen molar-refractivity contribution in [1.82, 2.24) is 0 Å². The molecule has 34 heavy (non-hydrogen) atoms. The second-order valence-corrected chi connectivity index (χ2v) is 11.6. The van der Waals surface area contributed by atoms with E-state index in [0.717, 1.165) is 39.2 Å². The molecule has 0 atom stereocenters. The molecule has 0 fully saturated rings. The van der Waals surface area contributed by atoms with Gasteiger partial charge in [0.25, 0.3) is 0 Å². The molecule has 0 aliphatic heterocycles. The smallest absolute Gasteiger partial charge is 0.208 e. The molecular formula is C29H20OS4. The lowest BCUT2D eigenvalue weighted by atomic mass is 10.4. The van der Waals surface area contributed by atoms with E-state index in [2.05, 4.69) is 48.5 Å². The van der Waals surface area contributed by atoms with E-state index in [0.29, 0.717) is 0 Å². The Morgan fingerprint density at radius 1 is 0.324 bits per heavy atom. The molecule has 5 heteroatoms. The van der Waals surface area contributed by atoms with E-state index in [9.17, 15) is 4.79 Å². The first kappa shape index (κ1) is 23.2. The number of allylic oxidation sites excluding steroid dienone is 2. The zero-order valence-corrected chi connectivity index (χ0v) is 21.4. The summed E-state index contributed by atoms with van der Waals surface area (Å²) in [6, 6.07) is 40.9. The Morgan fingerprint density at radius 2 is 0.559 bits per heavy atom. The molecule has 4 aromatic rings. The fourth-order valence-corrected chi connectivity index (χ4v) is 7.91. The van der Waals surface area contributed by atoms with Crippen molar-refractivity contribution < 1.29 is 4.79 Å². The van der Waals surface area contributed by atoms with Gasteiger partial charge < -0.3 is 0 Å². The first-order valence-electron chi connectivity index (χ1n) is 10.7. The van der Waals surface area contributed by atoms with Gasteiger partial charge in [0.1, 0.15) is 0 Å². The molecule has 0 saturated carbocycles. The second-order valence-electron chi connectivity index (χ2n) is 7.31. The Labute approximate surface area is 217 Å². The number of ketones is 1. The lowest BCUT2D eigenvalue weighted by Crippen LogP contribution is -1.97. The van der Waals surface area contributed by atoms with Gasteiger partial charge in [-0.3, -0.25) is 4.79 Å². The standard InChI is InChI=1S/C29H20OS4/c30-25-26(31-21-13-5-1-6-14-21)28(33-23-17-9-3-10-18-23)29(34-24-19-11-4-12-20-24)27(25)32-22-15-7-2-8-16-22/h1-20H. The third-order valence-corrected chi connectivity index (χ3v) is 9.71. The van der Waals surface area contributed by atoms with Gasteiger partial charge in [0, 0.05) is 29.4 Å². The molecule has 1 aliphatic carbocycles. The predicted octanol–water partition coefficient (Wildman–Crippen LogP) is 9.16. The van der Waals surface area contributed by atoms with Crippen molar-refractivity contribution in [2.24, 2.45) is 0 Å². The van der Waals surface area contributed by atoms with Crippen LogP contribution in [0.15, 0.2) is 161 Å². The minimum Gasteiger partial charge on any atom is -0.287 e. The molecule has 1 nitrogen and oxygen atoms in total. The van der Waals surface area contributed by atoms with E-state index in [1.54, 1.807) is 47.0 Å². The lowest BCUT2D eigenvalue weighted by molar-refractivity contribution is -0.110. The highest BCUT2D eigenvalue weighted by atomic mass is 32.2. The molecule has 166 valence electrons. The highest BCUT2D eigenvalue weighted by Crippen LogP contribution is 2.55. The normalized spacial score (nSPS) is 13.6. The zero-order valence-electron chi connectivity index (χ0n) is 18.1. The van der Waals surface area contributed by atoms with Crippen LogP contribution in [0.3, 0.4) is 0 Å². The van der Waals surface area contributed by atoms with Crippen LogP contribution >= 0.6 is 47.0 Å². The maximum absolute atomic E-state index is 13.9. The number of Topliss-reactive ketones (excluding diaryl/α,β-unsaturated/α-hetero) is 1. The molecule has 0 bridgehead atoms. The summed E-state index contributed by atoms with van der Waals surface area (Å²) in [6.45, 7) is 0. The molecule has 0 N–H and O–H groups in total. The second kappa shape index (κ2) is 11.2. The molecule has 0 unspecified atom stereocenters. The molecular weight excluding hydrogens is 493 g/mol. The van der Waals surface area contributed by atoms with Crippen LogP contribution in [-0.4, -0.2) is 5.78 Å². The van der Waals surface area contributed by atoms with Crippen LogP contribution in [0.25, 0.3) is 0 Å². The molecule has 0 aromatic heterocycles. The number of hydrogen-bond donors (Lipinski definition) is 0. The maximum atomic E-state index is 13.9. The van der Waals surface area contributed by atoms with E-state index in [1.807, 2.05) is 72.8 Å². The fraction of sp³-hybridized carbons (Fsp3) is 0. The fourth-order valence-electron chi connectivity index (χ4n) is 3.31. The summed E-state index contributed by atoms with van der Waals surface area (Å²) in [7, 11) is 0. The van der Waals surface area contributed by atoms with Crippen LogP contribution in [0.1, 0.15) is 0 Å². The van der Waals surface area contributed by atoms with Crippen molar-refractivity contribution in [3.63, 3.8) is 0 Å². The van der Waals surface area contributed by atoms with Crippen LogP contribution in [0.4, 0.5) is 0 Å². The van der Waals surface area contributed by atoms with Crippen LogP contribution in [-0.2, 0) is 4.79 Å². The van der Waals surface area contributed by atoms with Crippen LogP contribution < -0.4 is 0 Å². The van der Waals surface area contributed by atoms with Gasteiger partial charge in [0.2, 0.25) is 5.78 Å². The Bertz CT molecular complexity index is 1230. The van der Waals surface area contributed by atoms with E-state index in [4.69, 9.17) is 0 Å². The third-order valence-electron chi connectivity index (χ3n) is 4.88. The molecule has 0 saturated heterocycles. The van der Waals surface area contributed by atoms with Crippen LogP contribution in [0, 0.1) is 0 Å². The quantitative estimate of drug-likeness (QED) is 0.233. The van der Waals surface area contributed by atoms with Gasteiger partial charge >= 0.3 is 0 Å². The number of carbonyl (C=O) groups is 1. The van der Waals surface area contributed by atoms with E-state index in [1.165, 1.54) is 0 Å². The van der Waals surface area contributed by atoms with Gasteiger partial charge in [0.05, 0.1) is 9.81 Å². The molecule has 1 aliphatic rings. The number of thioether (sulfide) groups is 4. The number of hydrogen-bond acceptors (Lipinski definition) is 5. The Hall–Kier alpha value is -2.57. The van der Waals surface area contributed by atoms with Gasteiger partial charge in [-0.25, -0.2) is 0 Å². The summed E-state index contributed by atoms with van der Waals surface area (Å²) >= 11 is 6.45. The van der Waals surface area contributed by atoms with Crippen molar-refractivity contribution in [2.45, 2.75) is 19.6 Å². The summed E-state index contributed by atoms with van der Waals surface area (Å²) < 4.78 is 0. The van der Waals surface area contributed by atoms with Crippen molar-refractivity contribution in [3.8, 4) is 0 Å². The third kappa shape index (κ3) is 5.56. The SMILES string of the molecule is O=C1C(Sc2ccccc2)=C(Sc2ccccc2)C(Sc2ccccc2)=C1Sc1ccccc1. The van der Waals surface area contributed by atoms with Crippen molar-refractivity contribution in [2.75, 3.05) is 0 Å². The average Bonchev–Trinajstić information content (AvgIpc) is 3.11. The van der Waals surface area contributed by atoms with Gasteiger partial charge in [-0.2, -0.15) is 0 Å². The Balaban J connectivity index is 1.61. The number of rotatable bonds is 8. The summed E-state index contributed by atoms with van der Waals surface area (Å²) in [5.74, 6) is 0.0968. The van der Waals surface area contributed by atoms with E-state index in [-0.39, 0.29) is 5.78 Å². The Morgan fingerprint density at radius 3 is 0.824 bits per heavy atom. The maximum Gasteiger partial charge on any atom is 0.208 e. The minimum atomic E-state index is 0.0968. The molecule has 0 amide bonds. The molecule has 4 aromatic carbocycles. The zero-order chi connectivity index (χ0) is 23.2. The monoisotopic (exact) mass is 512 g/mol. The largest absolute Gasteiger partial charge is 0.287 e. The van der Waals surface area contributed by atoms with Gasteiger partial charge in [-0.1, -0.05) is 120 Å². The predicted molar refractivity (Wildman–Crippen MR) is 148 cm³/mol. The van der Waals surface area contributed by atoms with Crippen molar-refractivity contribution in [1.29, 1.82) is 0 Å². The molecule has 0 radical (unpaired) electrons. The minimum absolute atomic E-state index is 0.0968. The molecule has 5 rings (SSSR count). The first-order chi connectivity index (χ1) is 16.8. The van der Waals surface area contributed by atoms with Crippen molar-refractivity contribution >= 4 is 52.8 Å². The average molecular weight is 513 g/mol. The number of benzene rings is 4. The number of carbonyl (C=O) groups excluding carboxylic acids is 1.